The second-order valence-electron chi connectivity index (χ2n) is 16.5. The molecular formula is C58H46N6. The Balaban J connectivity index is 0.994. The summed E-state index contributed by atoms with van der Waals surface area (Å²) in [5, 5.41) is 6.16. The Labute approximate surface area is 374 Å². The Morgan fingerprint density at radius 3 is 1.75 bits per heavy atom. The average molecular weight is 827 g/mol. The van der Waals surface area contributed by atoms with Crippen molar-refractivity contribution in [3.05, 3.63) is 212 Å². The lowest BCUT2D eigenvalue weighted by Gasteiger charge is -2.29. The molecule has 1 unspecified atom stereocenters. The van der Waals surface area contributed by atoms with Gasteiger partial charge in [-0.05, 0) is 111 Å². The summed E-state index contributed by atoms with van der Waals surface area (Å²) in [7, 11) is 0. The van der Waals surface area contributed by atoms with Crippen molar-refractivity contribution in [3.63, 3.8) is 0 Å². The molecule has 308 valence electrons. The minimum atomic E-state index is 0.176. The molecule has 6 heteroatoms. The first-order valence-corrected chi connectivity index (χ1v) is 22.1. The molecule has 0 bridgehead atoms. The van der Waals surface area contributed by atoms with Crippen molar-refractivity contribution < 1.29 is 0 Å². The van der Waals surface area contributed by atoms with Gasteiger partial charge in [0.2, 0.25) is 0 Å². The molecule has 0 amide bonds. The standard InChI is InChI=1S/C58H46N6/c1-2-55-60-53-31-12-13-32-54(53)64(55)46-36-44(35-45(59)37-46)50-27-9-11-29-52(50)51-28-10-8-26-49(51)41-22-15-24-43(34-41)58-62-56(39-18-4-3-5-19-39)61-57(63-58)42-23-14-21-40(33-42)48-30-16-20-38-17-6-7-25-47(38)48/h3-12,14-31,33-37,55,60H,2,13,32,59H2,1H3. The molecule has 2 heterocycles. The largest absolute Gasteiger partial charge is 0.399 e. The molecule has 1 atom stereocenters. The molecule has 0 fully saturated rings. The lowest BCUT2D eigenvalue weighted by Crippen LogP contribution is -2.36. The van der Waals surface area contributed by atoms with E-state index in [0.29, 0.717) is 17.5 Å². The van der Waals surface area contributed by atoms with Crippen molar-refractivity contribution in [2.45, 2.75) is 32.4 Å². The van der Waals surface area contributed by atoms with Gasteiger partial charge < -0.3 is 16.0 Å². The van der Waals surface area contributed by atoms with Gasteiger partial charge in [0.1, 0.15) is 6.17 Å². The second-order valence-corrected chi connectivity index (χ2v) is 16.5. The van der Waals surface area contributed by atoms with Gasteiger partial charge in [0.05, 0.1) is 5.70 Å². The molecular weight excluding hydrogens is 781 g/mol. The van der Waals surface area contributed by atoms with Crippen LogP contribution in [-0.4, -0.2) is 21.1 Å². The normalized spacial score (nSPS) is 14.5. The van der Waals surface area contributed by atoms with Crippen LogP contribution >= 0.6 is 0 Å². The van der Waals surface area contributed by atoms with E-state index in [9.17, 15) is 0 Å². The number of fused-ring (bicyclic) bond motifs is 1. The van der Waals surface area contributed by atoms with Crippen LogP contribution in [0.3, 0.4) is 0 Å². The average Bonchev–Trinajstić information content (AvgIpc) is 3.75. The van der Waals surface area contributed by atoms with Gasteiger partial charge in [-0.15, -0.1) is 0 Å². The van der Waals surface area contributed by atoms with E-state index in [2.05, 4.69) is 199 Å². The summed E-state index contributed by atoms with van der Waals surface area (Å²) in [6.45, 7) is 2.23. The van der Waals surface area contributed by atoms with Crippen molar-refractivity contribution in [3.8, 4) is 78.7 Å². The van der Waals surface area contributed by atoms with Crippen molar-refractivity contribution >= 4 is 22.1 Å². The third kappa shape index (κ3) is 7.29. The fraction of sp³-hybridized carbons (Fsp3) is 0.0862. The predicted octanol–water partition coefficient (Wildman–Crippen LogP) is 14.0. The molecule has 64 heavy (non-hydrogen) atoms. The van der Waals surface area contributed by atoms with Crippen molar-refractivity contribution in [2.75, 3.05) is 10.6 Å². The Morgan fingerprint density at radius 2 is 1.05 bits per heavy atom. The number of rotatable bonds is 9. The number of benzene rings is 8. The molecule has 6 nitrogen and oxygen atoms in total. The number of aromatic nitrogens is 3. The Morgan fingerprint density at radius 1 is 0.516 bits per heavy atom. The number of anilines is 2. The maximum Gasteiger partial charge on any atom is 0.164 e. The van der Waals surface area contributed by atoms with Crippen LogP contribution in [0.15, 0.2) is 212 Å². The molecule has 2 aliphatic rings. The SMILES string of the molecule is CCC1NC2=C(CCC=C2)N1c1cc(N)cc(-c2ccccc2-c2ccccc2-c2cccc(-c3nc(-c4ccccc4)nc(-c4cccc(-c5cccc6ccccc56)c4)n3)c2)c1. The molecule has 1 aliphatic carbocycles. The molecule has 8 aromatic carbocycles. The Hall–Kier alpha value is -8.09. The van der Waals surface area contributed by atoms with Crippen LogP contribution in [0.2, 0.25) is 0 Å². The smallest absolute Gasteiger partial charge is 0.164 e. The molecule has 0 spiro atoms. The highest BCUT2D eigenvalue weighted by molar-refractivity contribution is 5.97. The highest BCUT2D eigenvalue weighted by Crippen LogP contribution is 2.43. The van der Waals surface area contributed by atoms with E-state index in [4.69, 9.17) is 20.7 Å². The Kier molecular flexibility index (Phi) is 10.1. The highest BCUT2D eigenvalue weighted by Gasteiger charge is 2.31. The molecule has 1 aliphatic heterocycles. The van der Waals surface area contributed by atoms with Crippen LogP contribution in [-0.2, 0) is 0 Å². The summed E-state index contributed by atoms with van der Waals surface area (Å²) in [6.07, 6.45) is 7.66. The van der Waals surface area contributed by atoms with E-state index in [1.165, 1.54) is 27.7 Å². The minimum Gasteiger partial charge on any atom is -0.399 e. The number of allylic oxidation sites excluding steroid dienone is 3. The van der Waals surface area contributed by atoms with Crippen molar-refractivity contribution in [2.24, 2.45) is 0 Å². The monoisotopic (exact) mass is 826 g/mol. The van der Waals surface area contributed by atoms with Gasteiger partial charge in [-0.3, -0.25) is 0 Å². The van der Waals surface area contributed by atoms with Crippen molar-refractivity contribution in [1.29, 1.82) is 0 Å². The van der Waals surface area contributed by atoms with Gasteiger partial charge in [-0.1, -0.05) is 171 Å². The first-order chi connectivity index (χ1) is 31.6. The van der Waals surface area contributed by atoms with Crippen LogP contribution in [0.25, 0.3) is 89.4 Å². The summed E-state index contributed by atoms with van der Waals surface area (Å²) in [4.78, 5) is 17.9. The number of nitrogens with one attached hydrogen (secondary N) is 1. The number of nitrogen functional groups attached to an aromatic ring is 1. The third-order valence-corrected chi connectivity index (χ3v) is 12.4. The summed E-state index contributed by atoms with van der Waals surface area (Å²) in [6, 6.07) is 66.0. The van der Waals surface area contributed by atoms with Crippen LogP contribution in [0, 0.1) is 0 Å². The van der Waals surface area contributed by atoms with Crippen LogP contribution < -0.4 is 16.0 Å². The Bertz CT molecular complexity index is 3270. The number of nitrogens with two attached hydrogens (primary N) is 1. The zero-order valence-electron chi connectivity index (χ0n) is 35.6. The van der Waals surface area contributed by atoms with Gasteiger partial charge in [-0.2, -0.15) is 0 Å². The van der Waals surface area contributed by atoms with Gasteiger partial charge in [0.15, 0.2) is 17.5 Å². The molecule has 11 rings (SSSR count). The zero-order valence-corrected chi connectivity index (χ0v) is 35.6. The minimum absolute atomic E-state index is 0.176. The highest BCUT2D eigenvalue weighted by atomic mass is 15.3. The summed E-state index contributed by atoms with van der Waals surface area (Å²) < 4.78 is 0. The zero-order chi connectivity index (χ0) is 43.0. The van der Waals surface area contributed by atoms with Gasteiger partial charge in [-0.25, -0.2) is 15.0 Å². The molecule has 3 N–H and O–H groups in total. The molecule has 9 aromatic rings. The van der Waals surface area contributed by atoms with Gasteiger partial charge in [0.25, 0.3) is 0 Å². The molecule has 1 aromatic heterocycles. The van der Waals surface area contributed by atoms with Crippen LogP contribution in [0.4, 0.5) is 11.4 Å². The third-order valence-electron chi connectivity index (χ3n) is 12.4. The fourth-order valence-electron chi connectivity index (χ4n) is 9.43. The molecule has 0 saturated carbocycles. The number of hydrogen-bond donors (Lipinski definition) is 2. The summed E-state index contributed by atoms with van der Waals surface area (Å²) in [5.41, 5.74) is 22.8. The van der Waals surface area contributed by atoms with Crippen molar-refractivity contribution in [1.82, 2.24) is 20.3 Å². The van der Waals surface area contributed by atoms with Crippen LogP contribution in [0.1, 0.15) is 26.2 Å². The van der Waals surface area contributed by atoms with E-state index in [-0.39, 0.29) is 6.17 Å². The number of hydrogen-bond acceptors (Lipinski definition) is 6. The predicted molar refractivity (Wildman–Crippen MR) is 265 cm³/mol. The van der Waals surface area contributed by atoms with E-state index < -0.39 is 0 Å². The molecule has 0 radical (unpaired) electrons. The van der Waals surface area contributed by atoms with Gasteiger partial charge in [0, 0.05) is 33.8 Å². The van der Waals surface area contributed by atoms with E-state index in [1.807, 2.05) is 18.2 Å². The second kappa shape index (κ2) is 16.6. The first kappa shape index (κ1) is 38.8. The lowest BCUT2D eigenvalue weighted by atomic mass is 9.88. The summed E-state index contributed by atoms with van der Waals surface area (Å²) in [5.74, 6) is 1.86. The van der Waals surface area contributed by atoms with Crippen LogP contribution in [0.5, 0.6) is 0 Å². The summed E-state index contributed by atoms with van der Waals surface area (Å²) >= 11 is 0. The van der Waals surface area contributed by atoms with Gasteiger partial charge >= 0.3 is 0 Å². The lowest BCUT2D eigenvalue weighted by molar-refractivity contribution is 0.588. The first-order valence-electron chi connectivity index (χ1n) is 22.1. The maximum atomic E-state index is 6.76. The number of nitrogens with zero attached hydrogens (tertiary/aromatic N) is 4. The maximum absolute atomic E-state index is 6.76. The van der Waals surface area contributed by atoms with E-state index in [0.717, 1.165) is 86.3 Å². The fourth-order valence-corrected chi connectivity index (χ4v) is 9.43. The van der Waals surface area contributed by atoms with E-state index in [1.54, 1.807) is 0 Å². The molecule has 0 saturated heterocycles. The van der Waals surface area contributed by atoms with E-state index >= 15 is 0 Å². The topological polar surface area (TPSA) is 80.0 Å². The quantitative estimate of drug-likeness (QED) is 0.141.